The topological polar surface area (TPSA) is 76.3 Å². The van der Waals surface area contributed by atoms with Gasteiger partial charge in [-0.3, -0.25) is 14.2 Å². The van der Waals surface area contributed by atoms with Crippen molar-refractivity contribution in [1.29, 1.82) is 0 Å². The molecule has 1 N–H and O–H groups in total. The maximum atomic E-state index is 12.5. The van der Waals surface area contributed by atoms with Crippen LogP contribution in [0.5, 0.6) is 0 Å². The van der Waals surface area contributed by atoms with Gasteiger partial charge in [0.15, 0.2) is 0 Å². The van der Waals surface area contributed by atoms with Crippen LogP contribution in [0.1, 0.15) is 42.7 Å². The van der Waals surface area contributed by atoms with Crippen LogP contribution in [-0.4, -0.2) is 21.7 Å². The van der Waals surface area contributed by atoms with Crippen molar-refractivity contribution in [1.82, 2.24) is 15.0 Å². The Morgan fingerprint density at radius 2 is 2.07 bits per heavy atom. The first kappa shape index (κ1) is 19.0. The molecule has 3 aromatic rings. The second-order valence-corrected chi connectivity index (χ2v) is 7.69. The van der Waals surface area contributed by atoms with Gasteiger partial charge in [-0.1, -0.05) is 45.0 Å². The molecule has 0 spiro atoms. The van der Waals surface area contributed by atoms with E-state index in [9.17, 15) is 9.59 Å². The zero-order valence-corrected chi connectivity index (χ0v) is 16.4. The van der Waals surface area contributed by atoms with Gasteiger partial charge in [-0.25, -0.2) is 10.4 Å². The minimum Gasteiger partial charge on any atom is -0.289 e. The average Bonchev–Trinajstić information content (AvgIpc) is 3.09. The summed E-state index contributed by atoms with van der Waals surface area (Å²) in [5.41, 5.74) is 4.39. The van der Waals surface area contributed by atoms with Crippen LogP contribution in [0.2, 0.25) is 0 Å². The monoisotopic (exact) mass is 382 g/mol. The number of carbonyl (C=O) groups is 1. The number of benzene rings is 1. The van der Waals surface area contributed by atoms with Crippen LogP contribution >= 0.6 is 11.3 Å². The molecular formula is C20H22N4O2S. The van der Waals surface area contributed by atoms with Crippen LogP contribution in [0.25, 0.3) is 10.2 Å². The van der Waals surface area contributed by atoms with Crippen LogP contribution in [0, 0.1) is 0 Å². The maximum Gasteiger partial charge on any atom is 0.262 e. The molecule has 0 aliphatic rings. The summed E-state index contributed by atoms with van der Waals surface area (Å²) in [4.78, 5) is 30.7. The van der Waals surface area contributed by atoms with E-state index in [2.05, 4.69) is 29.4 Å². The van der Waals surface area contributed by atoms with Crippen LogP contribution < -0.4 is 11.0 Å². The molecule has 0 fully saturated rings. The molecule has 0 saturated carbocycles. The fourth-order valence-electron chi connectivity index (χ4n) is 2.63. The predicted octanol–water partition coefficient (Wildman–Crippen LogP) is 3.29. The highest BCUT2D eigenvalue weighted by atomic mass is 32.1. The molecule has 3 rings (SSSR count). The number of hydrogen-bond donors (Lipinski definition) is 1. The summed E-state index contributed by atoms with van der Waals surface area (Å²) in [5.74, 6) is 0.0934. The number of thiophene rings is 1. The predicted molar refractivity (Wildman–Crippen MR) is 110 cm³/mol. The summed E-state index contributed by atoms with van der Waals surface area (Å²) >= 11 is 1.50. The number of nitrogens with zero attached hydrogens (tertiary/aromatic N) is 3. The highest BCUT2D eigenvalue weighted by Gasteiger charge is 2.10. The van der Waals surface area contributed by atoms with E-state index in [-0.39, 0.29) is 18.0 Å². The number of amides is 1. The summed E-state index contributed by atoms with van der Waals surface area (Å²) in [6.07, 6.45) is 3.85. The number of fused-ring (bicyclic) bond motifs is 1. The van der Waals surface area contributed by atoms with E-state index in [1.165, 1.54) is 27.8 Å². The van der Waals surface area contributed by atoms with Gasteiger partial charge in [-0.05, 0) is 29.5 Å². The van der Waals surface area contributed by atoms with Crippen molar-refractivity contribution < 1.29 is 4.79 Å². The Hall–Kier alpha value is -2.80. The molecule has 2 heterocycles. The molecule has 0 atom stereocenters. The number of nitrogens with one attached hydrogen (secondary N) is 1. The van der Waals surface area contributed by atoms with Crippen molar-refractivity contribution in [3.05, 3.63) is 63.0 Å². The molecule has 0 bridgehead atoms. The number of hydrogen-bond acceptors (Lipinski definition) is 5. The third kappa shape index (κ3) is 4.49. The highest BCUT2D eigenvalue weighted by Crippen LogP contribution is 2.20. The summed E-state index contributed by atoms with van der Waals surface area (Å²) < 4.78 is 1.30. The van der Waals surface area contributed by atoms with Crippen molar-refractivity contribution in [2.45, 2.75) is 39.7 Å². The minimum absolute atomic E-state index is 0.122. The lowest BCUT2D eigenvalue weighted by molar-refractivity contribution is -0.121. The van der Waals surface area contributed by atoms with E-state index < -0.39 is 0 Å². The maximum absolute atomic E-state index is 12.5. The zero-order valence-electron chi connectivity index (χ0n) is 15.6. The van der Waals surface area contributed by atoms with Crippen molar-refractivity contribution >= 4 is 33.7 Å². The van der Waals surface area contributed by atoms with Crippen LogP contribution in [-0.2, 0) is 17.8 Å². The minimum atomic E-state index is -0.376. The Morgan fingerprint density at radius 3 is 2.74 bits per heavy atom. The Bertz CT molecular complexity index is 1030. The third-order valence-corrected chi connectivity index (χ3v) is 5.42. The van der Waals surface area contributed by atoms with Crippen molar-refractivity contribution in [3.8, 4) is 0 Å². The van der Waals surface area contributed by atoms with E-state index in [1.807, 2.05) is 37.3 Å². The lowest BCUT2D eigenvalue weighted by atomic mass is 10.0. The standard InChI is InChI=1S/C20H22N4O2S/c1-4-16-9-17-19(27-16)21-12-24(20(17)26)11-18(25)23-22-10-14-5-7-15(8-6-14)13(2)3/h5-10,12-13H,4,11H2,1-3H3,(H,23,25). The van der Waals surface area contributed by atoms with Gasteiger partial charge in [0.25, 0.3) is 11.5 Å². The van der Waals surface area contributed by atoms with Gasteiger partial charge >= 0.3 is 0 Å². The number of hydrazone groups is 1. The highest BCUT2D eigenvalue weighted by molar-refractivity contribution is 7.18. The van der Waals surface area contributed by atoms with Gasteiger partial charge in [0.1, 0.15) is 11.4 Å². The number of aryl methyl sites for hydroxylation is 1. The van der Waals surface area contributed by atoms with E-state index in [4.69, 9.17) is 0 Å². The fraction of sp³-hybridized carbons (Fsp3) is 0.300. The summed E-state index contributed by atoms with van der Waals surface area (Å²) in [5, 5.41) is 4.52. The Kier molecular flexibility index (Phi) is 5.81. The Morgan fingerprint density at radius 1 is 1.33 bits per heavy atom. The van der Waals surface area contributed by atoms with Gasteiger partial charge < -0.3 is 0 Å². The molecular weight excluding hydrogens is 360 g/mol. The lowest BCUT2D eigenvalue weighted by Crippen LogP contribution is -2.29. The molecule has 6 nitrogen and oxygen atoms in total. The van der Waals surface area contributed by atoms with Gasteiger partial charge in [0.2, 0.25) is 0 Å². The van der Waals surface area contributed by atoms with E-state index in [0.717, 1.165) is 16.9 Å². The number of aromatic nitrogens is 2. The molecule has 1 amide bonds. The summed E-state index contributed by atoms with van der Waals surface area (Å²) in [6.45, 7) is 6.18. The Balaban J connectivity index is 1.64. The smallest absolute Gasteiger partial charge is 0.262 e. The summed E-state index contributed by atoms with van der Waals surface area (Å²) in [6, 6.07) is 9.84. The Labute approximate surface area is 161 Å². The molecule has 1 aromatic carbocycles. The van der Waals surface area contributed by atoms with Crippen molar-refractivity contribution in [2.75, 3.05) is 0 Å². The first-order chi connectivity index (χ1) is 13.0. The van der Waals surface area contributed by atoms with Crippen LogP contribution in [0.3, 0.4) is 0 Å². The molecule has 2 aromatic heterocycles. The van der Waals surface area contributed by atoms with E-state index >= 15 is 0 Å². The van der Waals surface area contributed by atoms with Crippen molar-refractivity contribution in [2.24, 2.45) is 5.10 Å². The molecule has 0 radical (unpaired) electrons. The molecule has 27 heavy (non-hydrogen) atoms. The van der Waals surface area contributed by atoms with Gasteiger partial charge in [-0.15, -0.1) is 11.3 Å². The van der Waals surface area contributed by atoms with Gasteiger partial charge in [0, 0.05) is 4.88 Å². The molecule has 0 aliphatic heterocycles. The van der Waals surface area contributed by atoms with Gasteiger partial charge in [-0.2, -0.15) is 5.10 Å². The van der Waals surface area contributed by atoms with Crippen molar-refractivity contribution in [3.63, 3.8) is 0 Å². The normalized spacial score (nSPS) is 11.6. The number of carbonyl (C=O) groups excluding carboxylic acids is 1. The molecule has 0 unspecified atom stereocenters. The van der Waals surface area contributed by atoms with E-state index in [0.29, 0.717) is 16.1 Å². The van der Waals surface area contributed by atoms with Gasteiger partial charge in [0.05, 0.1) is 17.9 Å². The van der Waals surface area contributed by atoms with Crippen LogP contribution in [0.4, 0.5) is 0 Å². The second kappa shape index (κ2) is 8.26. The first-order valence-electron chi connectivity index (χ1n) is 8.87. The quantitative estimate of drug-likeness (QED) is 0.525. The van der Waals surface area contributed by atoms with E-state index in [1.54, 1.807) is 6.21 Å². The van der Waals surface area contributed by atoms with Crippen LogP contribution in [0.15, 0.2) is 46.6 Å². The average molecular weight is 382 g/mol. The third-order valence-electron chi connectivity index (χ3n) is 4.24. The SMILES string of the molecule is CCc1cc2c(=O)n(CC(=O)NN=Cc3ccc(C(C)C)cc3)cnc2s1. The zero-order chi connectivity index (χ0) is 19.4. The number of rotatable bonds is 6. The fourth-order valence-corrected chi connectivity index (χ4v) is 3.56. The molecule has 140 valence electrons. The molecule has 7 heteroatoms. The molecule has 0 saturated heterocycles. The second-order valence-electron chi connectivity index (χ2n) is 6.58. The molecule has 0 aliphatic carbocycles. The largest absolute Gasteiger partial charge is 0.289 e. The summed E-state index contributed by atoms with van der Waals surface area (Å²) in [7, 11) is 0. The first-order valence-corrected chi connectivity index (χ1v) is 9.69. The lowest BCUT2D eigenvalue weighted by Gasteiger charge is -2.05.